The summed E-state index contributed by atoms with van der Waals surface area (Å²) < 4.78 is 5.71. The molecule has 2 bridgehead atoms. The van der Waals surface area contributed by atoms with Gasteiger partial charge in [0, 0.05) is 24.7 Å². The smallest absolute Gasteiger partial charge is 0.287 e. The van der Waals surface area contributed by atoms with Crippen molar-refractivity contribution in [3.8, 4) is 11.3 Å². The molecule has 1 N–H and O–H groups in total. The monoisotopic (exact) mass is 330 g/mol. The van der Waals surface area contributed by atoms with Gasteiger partial charge in [-0.05, 0) is 49.6 Å². The lowest BCUT2D eigenvalue weighted by Gasteiger charge is -2.30. The molecule has 4 nitrogen and oxygen atoms in total. The maximum Gasteiger partial charge on any atom is 0.287 e. The number of nitrogens with zero attached hydrogens (tertiary/aromatic N) is 1. The van der Waals surface area contributed by atoms with E-state index in [2.05, 4.69) is 10.2 Å². The van der Waals surface area contributed by atoms with E-state index in [4.69, 9.17) is 16.0 Å². The van der Waals surface area contributed by atoms with Crippen LogP contribution < -0.4 is 5.32 Å². The molecule has 2 saturated heterocycles. The summed E-state index contributed by atoms with van der Waals surface area (Å²) in [5.74, 6) is 1.54. The quantitative estimate of drug-likeness (QED) is 0.938. The Morgan fingerprint density at radius 3 is 2.91 bits per heavy atom. The van der Waals surface area contributed by atoms with Crippen molar-refractivity contribution in [1.29, 1.82) is 0 Å². The summed E-state index contributed by atoms with van der Waals surface area (Å²) in [6.45, 7) is 3.29. The zero-order chi connectivity index (χ0) is 15.8. The van der Waals surface area contributed by atoms with Crippen molar-refractivity contribution in [1.82, 2.24) is 10.2 Å². The van der Waals surface area contributed by atoms with Gasteiger partial charge in [0.15, 0.2) is 5.76 Å². The Morgan fingerprint density at radius 1 is 1.22 bits per heavy atom. The molecule has 0 spiro atoms. The standard InChI is InChI=1S/C18H19ClN2O2/c19-15-4-2-1-3-14(15)16-5-6-17(23-16)18(22)20-13-9-12-7-8-21(10-12)11-13/h1-6,12-13H,7-11H2,(H,20,22). The molecule has 2 aliphatic rings. The average molecular weight is 331 g/mol. The molecular weight excluding hydrogens is 312 g/mol. The molecule has 3 atom stereocenters. The van der Waals surface area contributed by atoms with Gasteiger partial charge in [-0.2, -0.15) is 0 Å². The number of amides is 1. The van der Waals surface area contributed by atoms with Crippen LogP contribution in [0.5, 0.6) is 0 Å². The maximum absolute atomic E-state index is 12.4. The molecule has 2 aliphatic heterocycles. The number of carbonyl (C=O) groups excluding carboxylic acids is 1. The lowest BCUT2D eigenvalue weighted by molar-refractivity contribution is 0.0882. The van der Waals surface area contributed by atoms with Crippen LogP contribution in [0.2, 0.25) is 5.02 Å². The van der Waals surface area contributed by atoms with Gasteiger partial charge in [-0.15, -0.1) is 0 Å². The van der Waals surface area contributed by atoms with Crippen molar-refractivity contribution in [2.45, 2.75) is 18.9 Å². The highest BCUT2D eigenvalue weighted by Gasteiger charge is 2.33. The molecule has 0 aliphatic carbocycles. The zero-order valence-corrected chi connectivity index (χ0v) is 13.6. The molecule has 120 valence electrons. The fourth-order valence-corrected chi connectivity index (χ4v) is 3.92. The second kappa shape index (κ2) is 6.02. The first-order valence-corrected chi connectivity index (χ1v) is 8.45. The number of hydrogen-bond acceptors (Lipinski definition) is 3. The van der Waals surface area contributed by atoms with Gasteiger partial charge in [0.2, 0.25) is 0 Å². The fraction of sp³-hybridized carbons (Fsp3) is 0.389. The number of furan rings is 1. The number of hydrogen-bond donors (Lipinski definition) is 1. The molecule has 23 heavy (non-hydrogen) atoms. The summed E-state index contributed by atoms with van der Waals surface area (Å²) in [5, 5.41) is 3.72. The van der Waals surface area contributed by atoms with Crippen LogP contribution in [-0.2, 0) is 0 Å². The van der Waals surface area contributed by atoms with E-state index in [1.807, 2.05) is 24.3 Å². The Morgan fingerprint density at radius 2 is 2.09 bits per heavy atom. The lowest BCUT2D eigenvalue weighted by atomic mass is 9.97. The fourth-order valence-electron chi connectivity index (χ4n) is 3.69. The van der Waals surface area contributed by atoms with Crippen LogP contribution in [0.25, 0.3) is 11.3 Å². The largest absolute Gasteiger partial charge is 0.451 e. The first-order valence-electron chi connectivity index (χ1n) is 8.07. The third-order valence-electron chi connectivity index (χ3n) is 4.77. The van der Waals surface area contributed by atoms with E-state index in [1.165, 1.54) is 13.0 Å². The van der Waals surface area contributed by atoms with Crippen LogP contribution in [0, 0.1) is 5.92 Å². The van der Waals surface area contributed by atoms with E-state index < -0.39 is 0 Å². The third-order valence-corrected chi connectivity index (χ3v) is 5.10. The van der Waals surface area contributed by atoms with Crippen molar-refractivity contribution in [3.05, 3.63) is 47.2 Å². The number of nitrogens with one attached hydrogen (secondary N) is 1. The van der Waals surface area contributed by atoms with E-state index in [0.717, 1.165) is 31.0 Å². The highest BCUT2D eigenvalue weighted by atomic mass is 35.5. The average Bonchev–Trinajstić information content (AvgIpc) is 3.15. The second-order valence-electron chi connectivity index (χ2n) is 6.46. The number of carbonyl (C=O) groups is 1. The highest BCUT2D eigenvalue weighted by Crippen LogP contribution is 2.30. The van der Waals surface area contributed by atoms with E-state index in [1.54, 1.807) is 12.1 Å². The first-order chi connectivity index (χ1) is 11.2. The number of halogens is 1. The van der Waals surface area contributed by atoms with Crippen LogP contribution in [0.1, 0.15) is 23.4 Å². The first kappa shape index (κ1) is 14.8. The number of rotatable bonds is 3. The second-order valence-corrected chi connectivity index (χ2v) is 6.87. The third kappa shape index (κ3) is 3.01. The van der Waals surface area contributed by atoms with Gasteiger partial charge in [0.05, 0.1) is 5.02 Å². The van der Waals surface area contributed by atoms with Crippen LogP contribution in [0.4, 0.5) is 0 Å². The van der Waals surface area contributed by atoms with Gasteiger partial charge in [-0.1, -0.05) is 23.7 Å². The van der Waals surface area contributed by atoms with Crippen LogP contribution >= 0.6 is 11.6 Å². The van der Waals surface area contributed by atoms with Crippen LogP contribution in [-0.4, -0.2) is 36.5 Å². The lowest BCUT2D eigenvalue weighted by Crippen LogP contribution is -2.46. The van der Waals surface area contributed by atoms with Crippen molar-refractivity contribution in [3.63, 3.8) is 0 Å². The summed E-state index contributed by atoms with van der Waals surface area (Å²) in [5.41, 5.74) is 0.801. The molecule has 5 heteroatoms. The predicted molar refractivity (Wildman–Crippen MR) is 89.6 cm³/mol. The molecule has 0 saturated carbocycles. The molecule has 1 aromatic carbocycles. The summed E-state index contributed by atoms with van der Waals surface area (Å²) in [7, 11) is 0. The van der Waals surface area contributed by atoms with E-state index in [0.29, 0.717) is 16.5 Å². The summed E-state index contributed by atoms with van der Waals surface area (Å²) in [6, 6.07) is 11.2. The zero-order valence-electron chi connectivity index (χ0n) is 12.8. The SMILES string of the molecule is O=C(NC1CC2CCN(C2)C1)c1ccc(-c2ccccc2Cl)o1. The van der Waals surface area contributed by atoms with E-state index in [9.17, 15) is 4.79 Å². The van der Waals surface area contributed by atoms with Gasteiger partial charge >= 0.3 is 0 Å². The maximum atomic E-state index is 12.4. The molecule has 2 fully saturated rings. The van der Waals surface area contributed by atoms with Crippen molar-refractivity contribution in [2.75, 3.05) is 19.6 Å². The van der Waals surface area contributed by atoms with Crippen LogP contribution in [0.3, 0.4) is 0 Å². The normalized spacial score (nSPS) is 26.2. The Balaban J connectivity index is 1.46. The highest BCUT2D eigenvalue weighted by molar-refractivity contribution is 6.33. The molecule has 4 rings (SSSR count). The summed E-state index contributed by atoms with van der Waals surface area (Å²) in [4.78, 5) is 14.8. The van der Waals surface area contributed by atoms with Gasteiger partial charge < -0.3 is 14.6 Å². The molecular formula is C18H19ClN2O2. The molecule has 1 amide bonds. The van der Waals surface area contributed by atoms with Gasteiger partial charge in [-0.25, -0.2) is 0 Å². The minimum Gasteiger partial charge on any atom is -0.451 e. The summed E-state index contributed by atoms with van der Waals surface area (Å²) >= 11 is 6.18. The number of piperidine rings is 1. The predicted octanol–water partition coefficient (Wildman–Crippen LogP) is 3.42. The van der Waals surface area contributed by atoms with Crippen molar-refractivity contribution < 1.29 is 9.21 Å². The Labute approximate surface area is 140 Å². The molecule has 2 aromatic rings. The molecule has 3 unspecified atom stereocenters. The molecule has 1 aromatic heterocycles. The van der Waals surface area contributed by atoms with Gasteiger partial charge in [0.1, 0.15) is 5.76 Å². The van der Waals surface area contributed by atoms with Crippen molar-refractivity contribution in [2.24, 2.45) is 5.92 Å². The Hall–Kier alpha value is -1.78. The van der Waals surface area contributed by atoms with Crippen LogP contribution in [0.15, 0.2) is 40.8 Å². The Bertz CT molecular complexity index is 715. The topological polar surface area (TPSA) is 45.5 Å². The summed E-state index contributed by atoms with van der Waals surface area (Å²) in [6.07, 6.45) is 2.32. The molecule has 0 radical (unpaired) electrons. The van der Waals surface area contributed by atoms with E-state index in [-0.39, 0.29) is 11.9 Å². The van der Waals surface area contributed by atoms with E-state index >= 15 is 0 Å². The minimum atomic E-state index is -0.143. The van der Waals surface area contributed by atoms with Gasteiger partial charge in [-0.3, -0.25) is 4.79 Å². The van der Waals surface area contributed by atoms with Crippen molar-refractivity contribution >= 4 is 17.5 Å². The Kier molecular flexibility index (Phi) is 3.87. The minimum absolute atomic E-state index is 0.143. The number of fused-ring (bicyclic) bond motifs is 2. The molecule has 3 heterocycles. The number of benzene rings is 1. The van der Waals surface area contributed by atoms with Gasteiger partial charge in [0.25, 0.3) is 5.91 Å².